The second-order valence-electron chi connectivity index (χ2n) is 40.1. The average Bonchev–Trinajstić information content (AvgIpc) is 1.49. The standard InChI is InChI=1S/C63H48N2.C62H45FN2/c1-38-14-25-60-54(28-38)56-36-46(20-27-62(56)65(60)50-23-24-52-51-10-4-6-12-57(51)63(58(52)37-50)47-30-39-29-40(32-47)33-48(63)31-39)45-19-26-61-55(35-45)53-11-5-7-13-59(53)64(61)49-21-17-42(18-22-49)44-16-15-41-8-2-3-9-43(41)34-44;63-47-19-26-61-55(35-47)54-34-44(18-25-60(54)65(61)49-22-23-51-50-9-3-5-11-56(50)62(57(51)36-49)45-28-37-27-38(30-45)31-46(62)29-37)43-17-24-59-53(33-43)52-10-4-6-12-58(52)64(59)48-20-15-40(16-21-48)42-14-13-39-7-1-2-8-41(39)32-42/h2-28,34-37,39-40,47-48H,29-33H2,1H3;1-26,32-38,45-46H,27-31H2. The van der Waals surface area contributed by atoms with Gasteiger partial charge in [-0.15, -0.1) is 0 Å². The Morgan fingerprint density at radius 2 is 0.500 bits per heavy atom. The van der Waals surface area contributed by atoms with Crippen LogP contribution in [0.25, 0.3) is 198 Å². The Labute approximate surface area is 754 Å². The Bertz CT molecular complexity index is 8050. The maximum atomic E-state index is 15.4. The fourth-order valence-corrected chi connectivity index (χ4v) is 28.8. The van der Waals surface area contributed by atoms with Gasteiger partial charge in [-0.3, -0.25) is 0 Å². The fourth-order valence-electron chi connectivity index (χ4n) is 28.8. The summed E-state index contributed by atoms with van der Waals surface area (Å²) >= 11 is 0. The molecule has 0 N–H and O–H groups in total. The second-order valence-corrected chi connectivity index (χ2v) is 40.1. The smallest absolute Gasteiger partial charge is 0.123 e. The zero-order valence-corrected chi connectivity index (χ0v) is 72.7. The minimum absolute atomic E-state index is 0.0799. The fraction of sp³-hybridized carbons (Fsp3) is 0.168. The lowest BCUT2D eigenvalue weighted by Gasteiger charge is -2.61. The molecule has 2 spiro atoms. The number of hydrogen-bond donors (Lipinski definition) is 0. The van der Waals surface area contributed by atoms with Gasteiger partial charge in [0.1, 0.15) is 5.82 Å². The number of fused-ring (bicyclic) bond motifs is 20. The summed E-state index contributed by atoms with van der Waals surface area (Å²) in [6.45, 7) is 2.23. The van der Waals surface area contributed by atoms with Crippen LogP contribution in [-0.2, 0) is 10.8 Å². The van der Waals surface area contributed by atoms with E-state index < -0.39 is 0 Å². The minimum atomic E-state index is -0.210. The van der Waals surface area contributed by atoms with Crippen molar-refractivity contribution in [1.29, 1.82) is 0 Å². The van der Waals surface area contributed by atoms with Crippen molar-refractivity contribution in [1.82, 2.24) is 18.3 Å². The third kappa shape index (κ3) is 10.5. The molecule has 10 aliphatic carbocycles. The maximum absolute atomic E-state index is 15.4. The summed E-state index contributed by atoms with van der Waals surface area (Å²) in [6.07, 6.45) is 13.9. The maximum Gasteiger partial charge on any atom is 0.123 e. The van der Waals surface area contributed by atoms with Crippen LogP contribution in [0.4, 0.5) is 4.39 Å². The van der Waals surface area contributed by atoms with E-state index in [9.17, 15) is 0 Å². The third-order valence-electron chi connectivity index (χ3n) is 33.7. The van der Waals surface area contributed by atoms with E-state index in [4.69, 9.17) is 0 Å². The van der Waals surface area contributed by atoms with Gasteiger partial charge in [-0.25, -0.2) is 4.39 Å². The summed E-state index contributed by atoms with van der Waals surface area (Å²) < 4.78 is 25.2. The highest BCUT2D eigenvalue weighted by Crippen LogP contribution is 2.72. The quantitative estimate of drug-likeness (QED) is 0.144. The summed E-state index contributed by atoms with van der Waals surface area (Å²) in [7, 11) is 0. The molecule has 0 saturated heterocycles. The Hall–Kier alpha value is -14.4. The van der Waals surface area contributed by atoms with E-state index in [0.717, 1.165) is 74.1 Å². The van der Waals surface area contributed by atoms with Crippen molar-refractivity contribution in [2.45, 2.75) is 82.0 Å². The van der Waals surface area contributed by atoms with Gasteiger partial charge >= 0.3 is 0 Å². The molecule has 0 unspecified atom stereocenters. The summed E-state index contributed by atoms with van der Waals surface area (Å²) in [6, 6.07) is 140. The Morgan fingerprint density at radius 3 is 0.923 bits per heavy atom. The van der Waals surface area contributed by atoms with Crippen LogP contribution in [0.15, 0.2) is 376 Å². The molecule has 130 heavy (non-hydrogen) atoms. The van der Waals surface area contributed by atoms with Crippen LogP contribution in [0, 0.1) is 60.1 Å². The molecule has 0 radical (unpaired) electrons. The first-order valence-electron chi connectivity index (χ1n) is 47.7. The van der Waals surface area contributed by atoms with Gasteiger partial charge in [0.15, 0.2) is 0 Å². The van der Waals surface area contributed by atoms with Gasteiger partial charge in [-0.1, -0.05) is 230 Å². The zero-order chi connectivity index (χ0) is 85.1. The topological polar surface area (TPSA) is 19.7 Å². The SMILES string of the molecule is Cc1ccc2c(c1)c1cc(-c3ccc4c(c3)c3ccccc3n4-c3ccc(-c4ccc5ccccc5c4)cc3)ccc1n2-c1ccc2c(c1)C1(c3ccccc3-2)C2CC3CC(C2)CC1C3.Fc1ccc2c(c1)c1cc(-c3ccc4c(c3)c3ccccc3n4-c3ccc(-c4ccc5ccccc5c4)cc3)ccc1n2-c1ccc2c(c1)C1(c3ccccc3-2)C2CC3CC(C2)CC1C3. The number of halogens is 1. The van der Waals surface area contributed by atoms with Crippen LogP contribution in [0.3, 0.4) is 0 Å². The Morgan fingerprint density at radius 1 is 0.208 bits per heavy atom. The molecule has 18 aromatic carbocycles. The molecule has 22 aromatic rings. The molecule has 4 heterocycles. The van der Waals surface area contributed by atoms with Gasteiger partial charge in [0, 0.05) is 76.7 Å². The van der Waals surface area contributed by atoms with Gasteiger partial charge in [0.05, 0.1) is 44.1 Å². The molecule has 4 aromatic heterocycles. The van der Waals surface area contributed by atoms with E-state index in [-0.39, 0.29) is 16.6 Å². The van der Waals surface area contributed by atoms with E-state index >= 15 is 4.39 Å². The third-order valence-corrected chi connectivity index (χ3v) is 33.7. The van der Waals surface area contributed by atoms with Crippen LogP contribution in [0.2, 0.25) is 0 Å². The van der Waals surface area contributed by atoms with Crippen molar-refractivity contribution >= 4 is 109 Å². The first-order valence-corrected chi connectivity index (χ1v) is 47.7. The predicted molar refractivity (Wildman–Crippen MR) is 538 cm³/mol. The van der Waals surface area contributed by atoms with Gasteiger partial charge in [-0.05, 0) is 381 Å². The van der Waals surface area contributed by atoms with Gasteiger partial charge in [0.2, 0.25) is 0 Å². The number of nitrogens with zero attached hydrogens (tertiary/aromatic N) is 4. The minimum Gasteiger partial charge on any atom is -0.309 e. The van der Waals surface area contributed by atoms with Crippen molar-refractivity contribution in [3.8, 4) is 89.5 Å². The predicted octanol–water partition coefficient (Wildman–Crippen LogP) is 32.6. The van der Waals surface area contributed by atoms with Crippen molar-refractivity contribution < 1.29 is 4.39 Å². The monoisotopic (exact) mass is 1670 g/mol. The van der Waals surface area contributed by atoms with E-state index in [1.165, 1.54) is 235 Å². The molecule has 0 aliphatic heterocycles. The van der Waals surface area contributed by atoms with Crippen molar-refractivity contribution in [3.05, 3.63) is 410 Å². The molecular weight excluding hydrogens is 1580 g/mol. The van der Waals surface area contributed by atoms with Gasteiger partial charge < -0.3 is 18.3 Å². The molecule has 620 valence electrons. The lowest BCUT2D eigenvalue weighted by atomic mass is 9.43. The van der Waals surface area contributed by atoms with Gasteiger partial charge in [0.25, 0.3) is 0 Å². The average molecular weight is 1670 g/mol. The van der Waals surface area contributed by atoms with Crippen LogP contribution in [-0.4, -0.2) is 18.3 Å². The summed E-state index contributed by atoms with van der Waals surface area (Å²) in [5.41, 5.74) is 37.5. The second kappa shape index (κ2) is 27.6. The van der Waals surface area contributed by atoms with Crippen molar-refractivity contribution in [2.75, 3.05) is 0 Å². The van der Waals surface area contributed by atoms with Gasteiger partial charge in [-0.2, -0.15) is 0 Å². The number of benzene rings is 18. The highest BCUT2D eigenvalue weighted by atomic mass is 19.1. The summed E-state index contributed by atoms with van der Waals surface area (Å²) in [4.78, 5) is 0. The number of hydrogen-bond acceptors (Lipinski definition) is 0. The molecule has 0 amide bonds. The first-order chi connectivity index (χ1) is 64.1. The lowest BCUT2D eigenvalue weighted by Crippen LogP contribution is -2.55. The molecule has 8 saturated carbocycles. The van der Waals surface area contributed by atoms with Crippen LogP contribution >= 0.6 is 0 Å². The van der Waals surface area contributed by atoms with E-state index in [1.807, 2.05) is 6.07 Å². The molecule has 10 aliphatic rings. The molecule has 5 heteroatoms. The summed E-state index contributed by atoms with van der Waals surface area (Å²) in [5.74, 6) is 6.30. The number of aryl methyl sites for hydroxylation is 1. The van der Waals surface area contributed by atoms with E-state index in [1.54, 1.807) is 28.8 Å². The lowest BCUT2D eigenvalue weighted by molar-refractivity contribution is -0.0399. The number of rotatable bonds is 8. The van der Waals surface area contributed by atoms with Crippen molar-refractivity contribution in [2.24, 2.45) is 47.3 Å². The molecule has 0 atom stereocenters. The summed E-state index contributed by atoms with van der Waals surface area (Å²) in [5, 5.41) is 14.7. The Kier molecular flexibility index (Phi) is 15.6. The van der Waals surface area contributed by atoms with Crippen LogP contribution < -0.4 is 0 Å². The number of aromatic nitrogens is 4. The van der Waals surface area contributed by atoms with Crippen LogP contribution in [0.5, 0.6) is 0 Å². The molecule has 8 bridgehead atoms. The normalized spacial score (nSPS) is 21.7. The van der Waals surface area contributed by atoms with E-state index in [0.29, 0.717) is 11.8 Å². The molecular formula is C125H93FN4. The van der Waals surface area contributed by atoms with Crippen LogP contribution in [0.1, 0.15) is 92.0 Å². The molecule has 32 rings (SSSR count). The molecule has 4 nitrogen and oxygen atoms in total. The highest BCUT2D eigenvalue weighted by molar-refractivity contribution is 6.16. The van der Waals surface area contributed by atoms with Crippen molar-refractivity contribution in [3.63, 3.8) is 0 Å². The highest BCUT2D eigenvalue weighted by Gasteiger charge is 2.63. The molecule has 8 fully saturated rings. The van der Waals surface area contributed by atoms with E-state index in [2.05, 4.69) is 383 Å². The largest absolute Gasteiger partial charge is 0.309 e. The number of para-hydroxylation sites is 2. The first kappa shape index (κ1) is 73.6. The Balaban J connectivity index is 0.000000128. The zero-order valence-electron chi connectivity index (χ0n) is 72.7.